The maximum Gasteiger partial charge on any atom is 0.110 e. The van der Waals surface area contributed by atoms with E-state index in [0.29, 0.717) is 0 Å². The highest BCUT2D eigenvalue weighted by molar-refractivity contribution is 7.43. The van der Waals surface area contributed by atoms with Crippen LogP contribution in [-0.4, -0.2) is 52.0 Å². The van der Waals surface area contributed by atoms with E-state index in [1.165, 1.54) is 0 Å². The number of phosphoric acid groups is 1. The number of phosphoric ester groups is 1. The molecule has 0 amide bonds. The molecule has 0 heterocycles. The molecule has 0 radical (unpaired) electrons. The lowest BCUT2D eigenvalue weighted by atomic mass is 10.1. The van der Waals surface area contributed by atoms with Crippen molar-refractivity contribution in [2.24, 2.45) is 0 Å². The lowest BCUT2D eigenvalue weighted by Crippen LogP contribution is -2.42. The van der Waals surface area contributed by atoms with E-state index >= 15 is 0 Å². The number of aliphatic hydroxyl groups is 4. The SMILES string of the molecule is O=P([O-])([O-])OC[C@@H](O)[C@H](O)[C@H](O)CO. The second-order valence-corrected chi connectivity index (χ2v) is 3.70. The van der Waals surface area contributed by atoms with E-state index in [0.717, 1.165) is 0 Å². The first-order valence-corrected chi connectivity index (χ1v) is 5.05. The van der Waals surface area contributed by atoms with E-state index in [2.05, 4.69) is 4.52 Å². The van der Waals surface area contributed by atoms with Gasteiger partial charge in [-0.3, -0.25) is 0 Å². The van der Waals surface area contributed by atoms with Crippen molar-refractivity contribution < 1.29 is 39.3 Å². The average molecular weight is 230 g/mol. The van der Waals surface area contributed by atoms with Crippen molar-refractivity contribution in [3.63, 3.8) is 0 Å². The van der Waals surface area contributed by atoms with Crippen LogP contribution in [0.15, 0.2) is 0 Å². The normalized spacial score (nSPS) is 19.0. The molecule has 0 saturated heterocycles. The fraction of sp³-hybridized carbons (Fsp3) is 1.00. The third-order valence-electron chi connectivity index (χ3n) is 1.38. The first-order chi connectivity index (χ1) is 6.28. The summed E-state index contributed by atoms with van der Waals surface area (Å²) < 4.78 is 13.6. The number of hydrogen-bond donors (Lipinski definition) is 4. The van der Waals surface area contributed by atoms with Gasteiger partial charge < -0.3 is 39.3 Å². The van der Waals surface area contributed by atoms with Crippen molar-refractivity contribution in [1.82, 2.24) is 0 Å². The van der Waals surface area contributed by atoms with Gasteiger partial charge in [-0.25, -0.2) is 0 Å². The van der Waals surface area contributed by atoms with Gasteiger partial charge in [0.25, 0.3) is 0 Å². The van der Waals surface area contributed by atoms with Crippen LogP contribution in [0, 0.1) is 0 Å². The van der Waals surface area contributed by atoms with Gasteiger partial charge in [0.05, 0.1) is 21.0 Å². The highest BCUT2D eigenvalue weighted by Gasteiger charge is 2.24. The van der Waals surface area contributed by atoms with Crippen LogP contribution in [0.3, 0.4) is 0 Å². The molecule has 0 saturated carbocycles. The lowest BCUT2D eigenvalue weighted by Gasteiger charge is -2.31. The van der Waals surface area contributed by atoms with Crippen molar-refractivity contribution in [3.8, 4) is 0 Å². The van der Waals surface area contributed by atoms with Crippen LogP contribution in [0.5, 0.6) is 0 Å². The Bertz CT molecular complexity index is 202. The van der Waals surface area contributed by atoms with E-state index < -0.39 is 39.3 Å². The first kappa shape index (κ1) is 13.9. The molecule has 0 unspecified atom stereocenters. The molecule has 0 aliphatic rings. The van der Waals surface area contributed by atoms with Gasteiger partial charge in [0.2, 0.25) is 0 Å². The molecule has 3 atom stereocenters. The van der Waals surface area contributed by atoms with E-state index in [1.54, 1.807) is 0 Å². The number of rotatable bonds is 6. The minimum atomic E-state index is -5.21. The molecule has 86 valence electrons. The van der Waals surface area contributed by atoms with Crippen LogP contribution >= 0.6 is 7.82 Å². The quantitative estimate of drug-likeness (QED) is 0.336. The summed E-state index contributed by atoms with van der Waals surface area (Å²) >= 11 is 0. The molecule has 9 heteroatoms. The largest absolute Gasteiger partial charge is 0.790 e. The fourth-order valence-corrected chi connectivity index (χ4v) is 0.966. The smallest absolute Gasteiger partial charge is 0.110 e. The Balaban J connectivity index is 3.96. The zero-order chi connectivity index (χ0) is 11.4. The summed E-state index contributed by atoms with van der Waals surface area (Å²) in [6.45, 7) is -1.78. The Morgan fingerprint density at radius 3 is 2.07 bits per heavy atom. The zero-order valence-electron chi connectivity index (χ0n) is 7.02. The van der Waals surface area contributed by atoms with E-state index in [4.69, 9.17) is 20.4 Å². The number of hydrogen-bond acceptors (Lipinski definition) is 8. The summed E-state index contributed by atoms with van der Waals surface area (Å²) in [6, 6.07) is 0. The molecule has 0 fully saturated rings. The Hall–Kier alpha value is -0.0500. The van der Waals surface area contributed by atoms with Crippen LogP contribution in [0.25, 0.3) is 0 Å². The van der Waals surface area contributed by atoms with E-state index in [9.17, 15) is 14.4 Å². The molecular weight excluding hydrogens is 219 g/mol. The molecular formula is C5H11O8P-2. The molecule has 4 N–H and O–H groups in total. The monoisotopic (exact) mass is 230 g/mol. The standard InChI is InChI=1S/C5H13O8P/c6-1-3(7)5(9)4(8)2-13-14(10,11)12/h3-9H,1-2H2,(H2,10,11,12)/p-2/t3-,4-,5-/m1/s1. The van der Waals surface area contributed by atoms with Gasteiger partial charge >= 0.3 is 0 Å². The molecule has 8 nitrogen and oxygen atoms in total. The van der Waals surface area contributed by atoms with Gasteiger partial charge in [0.15, 0.2) is 0 Å². The van der Waals surface area contributed by atoms with Crippen LogP contribution in [-0.2, 0) is 9.09 Å². The van der Waals surface area contributed by atoms with Crippen LogP contribution in [0.4, 0.5) is 0 Å². The van der Waals surface area contributed by atoms with Crippen molar-refractivity contribution in [2.75, 3.05) is 13.2 Å². The third-order valence-corrected chi connectivity index (χ3v) is 1.84. The Kier molecular flexibility index (Phi) is 5.72. The predicted molar refractivity (Wildman–Crippen MR) is 38.7 cm³/mol. The topological polar surface area (TPSA) is 153 Å². The predicted octanol–water partition coefficient (Wildman–Crippen LogP) is -4.09. The average Bonchev–Trinajstić information content (AvgIpc) is 2.10. The fourth-order valence-electron chi connectivity index (χ4n) is 0.631. The van der Waals surface area contributed by atoms with Crippen molar-refractivity contribution in [1.29, 1.82) is 0 Å². The molecule has 0 spiro atoms. The van der Waals surface area contributed by atoms with Gasteiger partial charge in [-0.15, -0.1) is 0 Å². The van der Waals surface area contributed by atoms with Gasteiger partial charge in [-0.2, -0.15) is 0 Å². The third kappa shape index (κ3) is 5.63. The highest BCUT2D eigenvalue weighted by Crippen LogP contribution is 2.24. The summed E-state index contributed by atoms with van der Waals surface area (Å²) in [5, 5.41) is 35.0. The summed E-state index contributed by atoms with van der Waals surface area (Å²) in [5.41, 5.74) is 0. The molecule has 14 heavy (non-hydrogen) atoms. The van der Waals surface area contributed by atoms with Gasteiger partial charge in [0.1, 0.15) is 18.3 Å². The van der Waals surface area contributed by atoms with E-state index in [1.807, 2.05) is 0 Å². The summed E-state index contributed by atoms with van der Waals surface area (Å²) in [5.74, 6) is 0. The highest BCUT2D eigenvalue weighted by atomic mass is 31.2. The molecule has 0 aromatic rings. The summed E-state index contributed by atoms with van der Waals surface area (Å²) in [4.78, 5) is 19.9. The van der Waals surface area contributed by atoms with Crippen molar-refractivity contribution in [3.05, 3.63) is 0 Å². The minimum absolute atomic E-state index is 0.815. The molecule has 0 bridgehead atoms. The zero-order valence-corrected chi connectivity index (χ0v) is 7.91. The maximum absolute atomic E-state index is 9.94. The first-order valence-electron chi connectivity index (χ1n) is 3.59. The molecule has 0 rings (SSSR count). The Labute approximate surface area is 79.6 Å². The van der Waals surface area contributed by atoms with Crippen molar-refractivity contribution >= 4 is 7.82 Å². The summed E-state index contributed by atoms with van der Waals surface area (Å²) in [6.07, 6.45) is -5.19. The van der Waals surface area contributed by atoms with Gasteiger partial charge in [0, 0.05) is 0 Å². The maximum atomic E-state index is 9.94. The second-order valence-electron chi connectivity index (χ2n) is 2.55. The molecule has 0 aliphatic carbocycles. The molecule has 0 aromatic carbocycles. The minimum Gasteiger partial charge on any atom is -0.790 e. The lowest BCUT2D eigenvalue weighted by molar-refractivity contribution is -0.343. The van der Waals surface area contributed by atoms with E-state index in [-0.39, 0.29) is 0 Å². The Morgan fingerprint density at radius 1 is 1.21 bits per heavy atom. The van der Waals surface area contributed by atoms with Crippen molar-refractivity contribution in [2.45, 2.75) is 18.3 Å². The van der Waals surface area contributed by atoms with Gasteiger partial charge in [-0.05, 0) is 0 Å². The van der Waals surface area contributed by atoms with Crippen LogP contribution < -0.4 is 9.79 Å². The Morgan fingerprint density at radius 2 is 1.71 bits per heavy atom. The van der Waals surface area contributed by atoms with Crippen LogP contribution in [0.2, 0.25) is 0 Å². The number of aliphatic hydroxyl groups excluding tert-OH is 4. The summed E-state index contributed by atoms with van der Waals surface area (Å²) in [7, 11) is -5.21. The van der Waals surface area contributed by atoms with Gasteiger partial charge in [-0.1, -0.05) is 0 Å². The van der Waals surface area contributed by atoms with Crippen LogP contribution in [0.1, 0.15) is 0 Å². The molecule has 0 aromatic heterocycles. The second kappa shape index (κ2) is 5.74. The molecule has 0 aliphatic heterocycles.